The summed E-state index contributed by atoms with van der Waals surface area (Å²) in [5, 5.41) is 10.6. The van der Waals surface area contributed by atoms with Gasteiger partial charge in [-0.05, 0) is 47.5 Å². The van der Waals surface area contributed by atoms with Crippen LogP contribution in [-0.2, 0) is 9.47 Å². The molecule has 1 aliphatic rings. The lowest BCUT2D eigenvalue weighted by atomic mass is 9.80. The Labute approximate surface area is 112 Å². The van der Waals surface area contributed by atoms with E-state index in [4.69, 9.17) is 9.47 Å². The third kappa shape index (κ3) is 3.69. The smallest absolute Gasteiger partial charge is 0.0858 e. The van der Waals surface area contributed by atoms with Crippen LogP contribution in [0.25, 0.3) is 0 Å². The molecule has 3 atom stereocenters. The van der Waals surface area contributed by atoms with Crippen LogP contribution >= 0.6 is 0 Å². The van der Waals surface area contributed by atoms with Crippen molar-refractivity contribution in [1.82, 2.24) is 0 Å². The molecule has 18 heavy (non-hydrogen) atoms. The SMILES string of the molecule is CCCC(OCC)C(O)C1CC(C)(C)OC1(C)C. The van der Waals surface area contributed by atoms with Gasteiger partial charge in [-0.15, -0.1) is 0 Å². The highest BCUT2D eigenvalue weighted by molar-refractivity contribution is 4.99. The highest BCUT2D eigenvalue weighted by Crippen LogP contribution is 2.44. The Balaban J connectivity index is 2.77. The Morgan fingerprint density at radius 1 is 1.28 bits per heavy atom. The van der Waals surface area contributed by atoms with Crippen LogP contribution in [0.15, 0.2) is 0 Å². The normalized spacial score (nSPS) is 29.2. The van der Waals surface area contributed by atoms with Crippen molar-refractivity contribution >= 4 is 0 Å². The zero-order valence-corrected chi connectivity index (χ0v) is 12.8. The molecule has 1 saturated heterocycles. The summed E-state index contributed by atoms with van der Waals surface area (Å²) in [4.78, 5) is 0. The van der Waals surface area contributed by atoms with Gasteiger partial charge in [-0.1, -0.05) is 13.3 Å². The van der Waals surface area contributed by atoms with E-state index in [-0.39, 0.29) is 23.2 Å². The molecule has 0 spiro atoms. The highest BCUT2D eigenvalue weighted by Gasteiger charge is 2.50. The minimum Gasteiger partial charge on any atom is -0.390 e. The van der Waals surface area contributed by atoms with Crippen molar-refractivity contribution in [1.29, 1.82) is 0 Å². The van der Waals surface area contributed by atoms with Crippen LogP contribution in [0.2, 0.25) is 0 Å². The van der Waals surface area contributed by atoms with Crippen LogP contribution in [0.4, 0.5) is 0 Å². The van der Waals surface area contributed by atoms with E-state index >= 15 is 0 Å². The van der Waals surface area contributed by atoms with Crippen molar-refractivity contribution in [2.24, 2.45) is 5.92 Å². The second-order valence-corrected chi connectivity index (χ2v) is 6.55. The van der Waals surface area contributed by atoms with Gasteiger partial charge in [0.25, 0.3) is 0 Å². The number of aliphatic hydroxyl groups is 1. The molecule has 3 unspecified atom stereocenters. The number of hydrogen-bond acceptors (Lipinski definition) is 3. The van der Waals surface area contributed by atoms with Crippen LogP contribution in [-0.4, -0.2) is 35.1 Å². The lowest BCUT2D eigenvalue weighted by Gasteiger charge is -2.34. The summed E-state index contributed by atoms with van der Waals surface area (Å²) in [5.74, 6) is 0.135. The number of aliphatic hydroxyl groups excluding tert-OH is 1. The number of hydrogen-bond donors (Lipinski definition) is 1. The first kappa shape index (κ1) is 15.9. The van der Waals surface area contributed by atoms with E-state index in [9.17, 15) is 5.11 Å². The van der Waals surface area contributed by atoms with Crippen molar-refractivity contribution in [3.63, 3.8) is 0 Å². The van der Waals surface area contributed by atoms with Gasteiger partial charge in [0.15, 0.2) is 0 Å². The van der Waals surface area contributed by atoms with Gasteiger partial charge < -0.3 is 14.6 Å². The van der Waals surface area contributed by atoms with E-state index in [1.165, 1.54) is 0 Å². The molecule has 0 amide bonds. The predicted molar refractivity (Wildman–Crippen MR) is 73.7 cm³/mol. The van der Waals surface area contributed by atoms with Crippen LogP contribution in [0.5, 0.6) is 0 Å². The molecule has 0 aromatic rings. The zero-order chi connectivity index (χ0) is 14.0. The maximum Gasteiger partial charge on any atom is 0.0858 e. The first-order chi connectivity index (χ1) is 8.23. The first-order valence-corrected chi connectivity index (χ1v) is 7.23. The van der Waals surface area contributed by atoms with Crippen molar-refractivity contribution in [3.8, 4) is 0 Å². The minimum absolute atomic E-state index is 0.0678. The molecule has 3 nitrogen and oxygen atoms in total. The van der Waals surface area contributed by atoms with Gasteiger partial charge in [0.1, 0.15) is 0 Å². The van der Waals surface area contributed by atoms with Crippen molar-refractivity contribution in [3.05, 3.63) is 0 Å². The van der Waals surface area contributed by atoms with E-state index in [1.807, 2.05) is 6.92 Å². The summed E-state index contributed by atoms with van der Waals surface area (Å²) in [7, 11) is 0. The predicted octanol–water partition coefficient (Wildman–Crippen LogP) is 3.15. The number of rotatable bonds is 6. The summed E-state index contributed by atoms with van der Waals surface area (Å²) in [5.41, 5.74) is -0.440. The summed E-state index contributed by atoms with van der Waals surface area (Å²) in [6.45, 7) is 13.1. The molecule has 0 saturated carbocycles. The molecule has 0 bridgehead atoms. The molecular weight excluding hydrogens is 228 g/mol. The zero-order valence-electron chi connectivity index (χ0n) is 12.8. The van der Waals surface area contributed by atoms with E-state index in [1.54, 1.807) is 0 Å². The van der Waals surface area contributed by atoms with E-state index in [0.717, 1.165) is 19.3 Å². The third-order valence-corrected chi connectivity index (χ3v) is 3.89. The van der Waals surface area contributed by atoms with Crippen LogP contribution < -0.4 is 0 Å². The topological polar surface area (TPSA) is 38.7 Å². The van der Waals surface area contributed by atoms with Gasteiger partial charge in [0, 0.05) is 12.5 Å². The Kier molecular flexibility index (Phi) is 5.22. The maximum absolute atomic E-state index is 10.6. The molecule has 3 heteroatoms. The Morgan fingerprint density at radius 2 is 1.89 bits per heavy atom. The summed E-state index contributed by atoms with van der Waals surface area (Å²) < 4.78 is 11.8. The van der Waals surface area contributed by atoms with Gasteiger partial charge >= 0.3 is 0 Å². The molecule has 0 aliphatic carbocycles. The average molecular weight is 258 g/mol. The van der Waals surface area contributed by atoms with Crippen LogP contribution in [0.3, 0.4) is 0 Å². The van der Waals surface area contributed by atoms with Gasteiger partial charge in [-0.25, -0.2) is 0 Å². The Morgan fingerprint density at radius 3 is 2.28 bits per heavy atom. The summed E-state index contributed by atoms with van der Waals surface area (Å²) in [6, 6.07) is 0. The van der Waals surface area contributed by atoms with E-state index in [0.29, 0.717) is 6.61 Å². The number of ether oxygens (including phenoxy) is 2. The molecule has 1 rings (SSSR count). The molecular formula is C15H30O3. The molecule has 0 aromatic heterocycles. The van der Waals surface area contributed by atoms with Gasteiger partial charge in [-0.3, -0.25) is 0 Å². The maximum atomic E-state index is 10.6. The standard InChI is InChI=1S/C15H30O3/c1-7-9-12(17-8-2)13(16)11-10-14(3,4)18-15(11,5)6/h11-13,16H,7-10H2,1-6H3. The molecule has 1 heterocycles. The lowest BCUT2D eigenvalue weighted by molar-refractivity contribution is -0.114. The fourth-order valence-corrected chi connectivity index (χ4v) is 3.25. The minimum atomic E-state index is -0.443. The highest BCUT2D eigenvalue weighted by atomic mass is 16.5. The van der Waals surface area contributed by atoms with Gasteiger partial charge in [0.05, 0.1) is 23.4 Å². The van der Waals surface area contributed by atoms with Crippen molar-refractivity contribution in [2.45, 2.75) is 84.2 Å². The largest absolute Gasteiger partial charge is 0.390 e. The Bertz CT molecular complexity index is 254. The van der Waals surface area contributed by atoms with Gasteiger partial charge in [-0.2, -0.15) is 0 Å². The third-order valence-electron chi connectivity index (χ3n) is 3.89. The lowest BCUT2D eigenvalue weighted by Crippen LogP contribution is -2.43. The Hall–Kier alpha value is -0.120. The monoisotopic (exact) mass is 258 g/mol. The first-order valence-electron chi connectivity index (χ1n) is 7.23. The molecule has 1 aliphatic heterocycles. The summed E-state index contributed by atoms with van der Waals surface area (Å²) >= 11 is 0. The molecule has 0 radical (unpaired) electrons. The average Bonchev–Trinajstić information content (AvgIpc) is 2.45. The van der Waals surface area contributed by atoms with Gasteiger partial charge in [0.2, 0.25) is 0 Å². The molecule has 1 fully saturated rings. The van der Waals surface area contributed by atoms with E-state index in [2.05, 4.69) is 34.6 Å². The summed E-state index contributed by atoms with van der Waals surface area (Å²) in [6.07, 6.45) is 2.30. The quantitative estimate of drug-likeness (QED) is 0.795. The van der Waals surface area contributed by atoms with Crippen molar-refractivity contribution < 1.29 is 14.6 Å². The van der Waals surface area contributed by atoms with Crippen LogP contribution in [0, 0.1) is 5.92 Å². The molecule has 108 valence electrons. The molecule has 0 aromatic carbocycles. The second-order valence-electron chi connectivity index (χ2n) is 6.55. The van der Waals surface area contributed by atoms with Crippen molar-refractivity contribution in [2.75, 3.05) is 6.61 Å². The fraction of sp³-hybridized carbons (Fsp3) is 1.00. The molecule has 1 N–H and O–H groups in total. The van der Waals surface area contributed by atoms with E-state index < -0.39 is 6.10 Å². The van der Waals surface area contributed by atoms with Crippen LogP contribution in [0.1, 0.15) is 60.8 Å². The second kappa shape index (κ2) is 5.89. The fourth-order valence-electron chi connectivity index (χ4n) is 3.25.